The third-order valence-electron chi connectivity index (χ3n) is 3.60. The van der Waals surface area contributed by atoms with Crippen LogP contribution in [0.4, 0.5) is 11.4 Å². The van der Waals surface area contributed by atoms with Gasteiger partial charge in [0.25, 0.3) is 5.91 Å². The molecule has 0 N–H and O–H groups in total. The molecule has 110 valence electrons. The molecule has 1 aliphatic rings. The fourth-order valence-electron chi connectivity index (χ4n) is 2.55. The van der Waals surface area contributed by atoms with Gasteiger partial charge in [-0.2, -0.15) is 0 Å². The van der Waals surface area contributed by atoms with Crippen LogP contribution >= 0.6 is 22.9 Å². The lowest BCUT2D eigenvalue weighted by Crippen LogP contribution is -2.31. The molecule has 0 unspecified atom stereocenters. The summed E-state index contributed by atoms with van der Waals surface area (Å²) >= 11 is 7.62. The van der Waals surface area contributed by atoms with E-state index in [0.29, 0.717) is 17.3 Å². The standard InChI is InChI=1S/C15H16ClN3OS/c1-10-17-12(9-21-10)15(20)19-7-3-6-18(2)13-5-4-11(16)8-14(13)19/h4-5,8-9H,3,6-7H2,1-2H3. The molecule has 0 spiro atoms. The third-order valence-corrected chi connectivity index (χ3v) is 4.61. The van der Waals surface area contributed by atoms with Crippen LogP contribution in [0.2, 0.25) is 5.02 Å². The van der Waals surface area contributed by atoms with Crippen LogP contribution in [0.5, 0.6) is 0 Å². The van der Waals surface area contributed by atoms with Crippen molar-refractivity contribution in [1.29, 1.82) is 0 Å². The number of amides is 1. The molecule has 0 aliphatic carbocycles. The predicted octanol–water partition coefficient (Wildman–Crippen LogP) is 3.59. The van der Waals surface area contributed by atoms with Crippen LogP contribution in [0.25, 0.3) is 0 Å². The van der Waals surface area contributed by atoms with Crippen LogP contribution in [-0.4, -0.2) is 31.0 Å². The van der Waals surface area contributed by atoms with Crippen molar-refractivity contribution >= 4 is 40.2 Å². The fourth-order valence-corrected chi connectivity index (χ4v) is 3.31. The number of hydrogen-bond donors (Lipinski definition) is 0. The largest absolute Gasteiger partial charge is 0.373 e. The number of nitrogens with zero attached hydrogens (tertiary/aromatic N) is 3. The average Bonchev–Trinajstić information content (AvgIpc) is 2.82. The minimum atomic E-state index is -0.0573. The highest BCUT2D eigenvalue weighted by atomic mass is 35.5. The van der Waals surface area contributed by atoms with E-state index in [9.17, 15) is 4.79 Å². The summed E-state index contributed by atoms with van der Waals surface area (Å²) < 4.78 is 0. The van der Waals surface area contributed by atoms with Crippen molar-refractivity contribution in [3.63, 3.8) is 0 Å². The topological polar surface area (TPSA) is 36.4 Å². The molecule has 2 aromatic rings. The zero-order valence-corrected chi connectivity index (χ0v) is 13.5. The average molecular weight is 322 g/mol. The van der Waals surface area contributed by atoms with E-state index in [4.69, 9.17) is 11.6 Å². The third kappa shape index (κ3) is 2.76. The lowest BCUT2D eigenvalue weighted by Gasteiger charge is -2.24. The van der Waals surface area contributed by atoms with Gasteiger partial charge in [-0.05, 0) is 31.5 Å². The van der Waals surface area contributed by atoms with E-state index in [-0.39, 0.29) is 5.91 Å². The molecule has 0 atom stereocenters. The van der Waals surface area contributed by atoms with E-state index in [1.54, 1.807) is 4.90 Å². The Bertz CT molecular complexity index is 685. The fraction of sp³-hybridized carbons (Fsp3) is 0.333. The second kappa shape index (κ2) is 5.66. The Morgan fingerprint density at radius 2 is 2.14 bits per heavy atom. The van der Waals surface area contributed by atoms with Gasteiger partial charge in [-0.3, -0.25) is 4.79 Å². The molecule has 1 aromatic heterocycles. The van der Waals surface area contributed by atoms with Crippen LogP contribution in [0, 0.1) is 6.92 Å². The number of carbonyl (C=O) groups is 1. The molecule has 3 rings (SSSR count). The summed E-state index contributed by atoms with van der Waals surface area (Å²) in [5.74, 6) is -0.0573. The Morgan fingerprint density at radius 3 is 2.86 bits per heavy atom. The number of benzene rings is 1. The second-order valence-corrected chi connectivity index (χ2v) is 6.62. The summed E-state index contributed by atoms with van der Waals surface area (Å²) in [6, 6.07) is 5.68. The van der Waals surface area contributed by atoms with E-state index in [2.05, 4.69) is 9.88 Å². The maximum Gasteiger partial charge on any atom is 0.277 e. The van der Waals surface area contributed by atoms with E-state index in [1.165, 1.54) is 11.3 Å². The molecule has 2 heterocycles. The molecule has 0 saturated heterocycles. The maximum absolute atomic E-state index is 12.8. The molecule has 21 heavy (non-hydrogen) atoms. The number of fused-ring (bicyclic) bond motifs is 1. The quantitative estimate of drug-likeness (QED) is 0.805. The molecular weight excluding hydrogens is 306 g/mol. The van der Waals surface area contributed by atoms with Gasteiger partial charge < -0.3 is 9.80 Å². The number of carbonyl (C=O) groups excluding carboxylic acids is 1. The van der Waals surface area contributed by atoms with Crippen molar-refractivity contribution < 1.29 is 4.79 Å². The zero-order chi connectivity index (χ0) is 15.0. The smallest absolute Gasteiger partial charge is 0.277 e. The molecule has 6 heteroatoms. The van der Waals surface area contributed by atoms with Crippen LogP contribution in [0.15, 0.2) is 23.6 Å². The first-order valence-corrected chi connectivity index (χ1v) is 8.06. The summed E-state index contributed by atoms with van der Waals surface area (Å²) in [5, 5.41) is 3.35. The maximum atomic E-state index is 12.8. The van der Waals surface area contributed by atoms with Gasteiger partial charge in [0.05, 0.1) is 16.4 Å². The van der Waals surface area contributed by atoms with Gasteiger partial charge in [-0.25, -0.2) is 4.98 Å². The summed E-state index contributed by atoms with van der Waals surface area (Å²) in [4.78, 5) is 21.0. The van der Waals surface area contributed by atoms with Crippen molar-refractivity contribution in [2.75, 3.05) is 29.9 Å². The van der Waals surface area contributed by atoms with Gasteiger partial charge in [-0.15, -0.1) is 11.3 Å². The van der Waals surface area contributed by atoms with E-state index in [1.807, 2.05) is 37.6 Å². The lowest BCUT2D eigenvalue weighted by atomic mass is 10.2. The minimum Gasteiger partial charge on any atom is -0.373 e. The predicted molar refractivity (Wildman–Crippen MR) is 87.9 cm³/mol. The molecule has 4 nitrogen and oxygen atoms in total. The number of thiazole rings is 1. The summed E-state index contributed by atoms with van der Waals surface area (Å²) in [6.45, 7) is 3.49. The van der Waals surface area contributed by atoms with Gasteiger partial charge in [0, 0.05) is 30.5 Å². The normalized spacial score (nSPS) is 14.8. The molecule has 0 saturated carbocycles. The van der Waals surface area contributed by atoms with Crippen LogP contribution in [0.1, 0.15) is 21.9 Å². The highest BCUT2D eigenvalue weighted by Gasteiger charge is 2.25. The zero-order valence-electron chi connectivity index (χ0n) is 12.0. The number of hydrogen-bond acceptors (Lipinski definition) is 4. The first-order chi connectivity index (χ1) is 10.1. The number of halogens is 1. The number of aromatic nitrogens is 1. The molecule has 1 amide bonds. The molecule has 0 fully saturated rings. The van der Waals surface area contributed by atoms with E-state index in [0.717, 1.165) is 29.3 Å². The van der Waals surface area contributed by atoms with Gasteiger partial charge in [0.1, 0.15) is 5.69 Å². The van der Waals surface area contributed by atoms with Crippen molar-refractivity contribution in [3.05, 3.63) is 39.3 Å². The highest BCUT2D eigenvalue weighted by Crippen LogP contribution is 2.34. The Hall–Kier alpha value is -1.59. The Morgan fingerprint density at radius 1 is 1.33 bits per heavy atom. The summed E-state index contributed by atoms with van der Waals surface area (Å²) in [5.41, 5.74) is 2.39. The Balaban J connectivity index is 2.04. The lowest BCUT2D eigenvalue weighted by molar-refractivity contribution is 0.0983. The van der Waals surface area contributed by atoms with Crippen LogP contribution < -0.4 is 9.80 Å². The Labute approximate surface area is 133 Å². The SMILES string of the molecule is Cc1nc(C(=O)N2CCCN(C)c3ccc(Cl)cc32)cs1. The van der Waals surface area contributed by atoms with Gasteiger partial charge in [0.2, 0.25) is 0 Å². The van der Waals surface area contributed by atoms with Crippen LogP contribution in [0.3, 0.4) is 0 Å². The molecular formula is C15H16ClN3OS. The first-order valence-electron chi connectivity index (χ1n) is 6.81. The van der Waals surface area contributed by atoms with E-state index < -0.39 is 0 Å². The second-order valence-electron chi connectivity index (χ2n) is 5.12. The monoisotopic (exact) mass is 321 g/mol. The number of aryl methyl sites for hydroxylation is 1. The molecule has 0 bridgehead atoms. The van der Waals surface area contributed by atoms with Crippen molar-refractivity contribution in [3.8, 4) is 0 Å². The van der Waals surface area contributed by atoms with E-state index >= 15 is 0 Å². The van der Waals surface area contributed by atoms with Gasteiger partial charge in [0.15, 0.2) is 0 Å². The molecule has 0 radical (unpaired) electrons. The molecule has 1 aromatic carbocycles. The first kappa shape index (κ1) is 14.4. The summed E-state index contributed by atoms with van der Waals surface area (Å²) in [7, 11) is 2.04. The van der Waals surface area contributed by atoms with Crippen LogP contribution in [-0.2, 0) is 0 Å². The highest BCUT2D eigenvalue weighted by molar-refractivity contribution is 7.09. The number of rotatable bonds is 1. The Kier molecular flexibility index (Phi) is 3.87. The van der Waals surface area contributed by atoms with Gasteiger partial charge in [-0.1, -0.05) is 11.6 Å². The van der Waals surface area contributed by atoms with Crippen molar-refractivity contribution in [2.24, 2.45) is 0 Å². The summed E-state index contributed by atoms with van der Waals surface area (Å²) in [6.07, 6.45) is 0.914. The number of anilines is 2. The molecule has 1 aliphatic heterocycles. The minimum absolute atomic E-state index is 0.0573. The van der Waals surface area contributed by atoms with Crippen molar-refractivity contribution in [1.82, 2.24) is 4.98 Å². The van der Waals surface area contributed by atoms with Gasteiger partial charge >= 0.3 is 0 Å². The van der Waals surface area contributed by atoms with Crippen molar-refractivity contribution in [2.45, 2.75) is 13.3 Å².